The Bertz CT molecular complexity index is 960. The molecule has 0 fully saturated rings. The molecular weight excluding hydrogens is 422 g/mol. The van der Waals surface area contributed by atoms with Crippen LogP contribution in [0.5, 0.6) is 0 Å². The van der Waals surface area contributed by atoms with E-state index >= 15 is 0 Å². The molecule has 1 unspecified atom stereocenters. The van der Waals surface area contributed by atoms with E-state index < -0.39 is 10.0 Å². The van der Waals surface area contributed by atoms with Gasteiger partial charge in [0.25, 0.3) is 0 Å². The molecule has 0 aliphatic rings. The summed E-state index contributed by atoms with van der Waals surface area (Å²) < 4.78 is 25.8. The van der Waals surface area contributed by atoms with Gasteiger partial charge in [-0.1, -0.05) is 55.8 Å². The standard InChI is InChI=1S/C22H30ClN3O3S/c1-5-26(6-2)21(19-12-7-8-13-20(19)23)15-24-16-22(27)17-10-9-11-18(14-17)30(28,29)25(3)4/h7-14,21,24H,5-6,15-16H2,1-4H3. The summed E-state index contributed by atoms with van der Waals surface area (Å²) in [5, 5.41) is 3.93. The monoisotopic (exact) mass is 451 g/mol. The Morgan fingerprint density at radius 1 is 1.07 bits per heavy atom. The Balaban J connectivity index is 2.12. The van der Waals surface area contributed by atoms with Crippen molar-refractivity contribution in [3.63, 3.8) is 0 Å². The van der Waals surface area contributed by atoms with Gasteiger partial charge in [-0.2, -0.15) is 0 Å². The molecule has 0 saturated carbocycles. The van der Waals surface area contributed by atoms with Crippen molar-refractivity contribution in [2.24, 2.45) is 0 Å². The summed E-state index contributed by atoms with van der Waals surface area (Å²) in [6.07, 6.45) is 0. The first kappa shape index (κ1) is 24.5. The van der Waals surface area contributed by atoms with Crippen molar-refractivity contribution in [2.45, 2.75) is 24.8 Å². The molecule has 0 heterocycles. The lowest BCUT2D eigenvalue weighted by atomic mass is 10.0. The SMILES string of the molecule is CCN(CC)C(CNCC(=O)c1cccc(S(=O)(=O)N(C)C)c1)c1ccccc1Cl. The number of hydrogen-bond donors (Lipinski definition) is 1. The van der Waals surface area contributed by atoms with Gasteiger partial charge in [-0.15, -0.1) is 0 Å². The van der Waals surface area contributed by atoms with E-state index in [0.717, 1.165) is 23.0 Å². The molecule has 6 nitrogen and oxygen atoms in total. The van der Waals surface area contributed by atoms with E-state index in [2.05, 4.69) is 24.1 Å². The number of nitrogens with one attached hydrogen (secondary N) is 1. The zero-order valence-electron chi connectivity index (χ0n) is 17.9. The lowest BCUT2D eigenvalue weighted by Crippen LogP contribution is -2.37. The van der Waals surface area contributed by atoms with Crippen LogP contribution in [0, 0.1) is 0 Å². The summed E-state index contributed by atoms with van der Waals surface area (Å²) in [4.78, 5) is 15.1. The van der Waals surface area contributed by atoms with Crippen molar-refractivity contribution < 1.29 is 13.2 Å². The van der Waals surface area contributed by atoms with E-state index in [4.69, 9.17) is 11.6 Å². The highest BCUT2D eigenvalue weighted by Crippen LogP contribution is 2.27. The van der Waals surface area contributed by atoms with Crippen LogP contribution in [0.4, 0.5) is 0 Å². The molecule has 2 aromatic rings. The second kappa shape index (κ2) is 11.0. The Hall–Kier alpha value is -1.77. The second-order valence-corrected chi connectivity index (χ2v) is 9.69. The zero-order valence-corrected chi connectivity index (χ0v) is 19.5. The number of carbonyl (C=O) groups is 1. The quantitative estimate of drug-likeness (QED) is 0.530. The number of nitrogens with zero attached hydrogens (tertiary/aromatic N) is 2. The van der Waals surface area contributed by atoms with Crippen molar-refractivity contribution in [3.05, 3.63) is 64.7 Å². The van der Waals surface area contributed by atoms with Crippen LogP contribution in [0.25, 0.3) is 0 Å². The molecule has 8 heteroatoms. The molecule has 0 spiro atoms. The molecule has 1 N–H and O–H groups in total. The maximum Gasteiger partial charge on any atom is 0.242 e. The molecule has 0 saturated heterocycles. The highest BCUT2D eigenvalue weighted by molar-refractivity contribution is 7.89. The summed E-state index contributed by atoms with van der Waals surface area (Å²) in [7, 11) is -0.655. The van der Waals surface area contributed by atoms with E-state index in [1.54, 1.807) is 12.1 Å². The minimum Gasteiger partial charge on any atom is -0.308 e. The Morgan fingerprint density at radius 3 is 2.33 bits per heavy atom. The van der Waals surface area contributed by atoms with Gasteiger partial charge in [0, 0.05) is 37.3 Å². The smallest absolute Gasteiger partial charge is 0.242 e. The zero-order chi connectivity index (χ0) is 22.3. The van der Waals surface area contributed by atoms with Gasteiger partial charge in [0.1, 0.15) is 0 Å². The van der Waals surface area contributed by atoms with Gasteiger partial charge in [-0.3, -0.25) is 9.69 Å². The number of halogens is 1. The molecule has 0 radical (unpaired) electrons. The molecule has 0 amide bonds. The van der Waals surface area contributed by atoms with E-state index in [9.17, 15) is 13.2 Å². The average Bonchev–Trinajstić information content (AvgIpc) is 2.73. The average molecular weight is 452 g/mol. The van der Waals surface area contributed by atoms with E-state index in [1.165, 1.54) is 26.2 Å². The third kappa shape index (κ3) is 5.89. The third-order valence-electron chi connectivity index (χ3n) is 5.08. The van der Waals surface area contributed by atoms with Crippen LogP contribution in [0.15, 0.2) is 53.4 Å². The molecule has 2 rings (SSSR count). The predicted octanol–water partition coefficient (Wildman–Crippen LogP) is 3.45. The number of rotatable bonds is 11. The first-order valence-electron chi connectivity index (χ1n) is 9.97. The molecule has 164 valence electrons. The maximum atomic E-state index is 12.7. The van der Waals surface area contributed by atoms with Gasteiger partial charge < -0.3 is 5.32 Å². The third-order valence-corrected chi connectivity index (χ3v) is 7.23. The van der Waals surface area contributed by atoms with Crippen molar-refractivity contribution in [3.8, 4) is 0 Å². The topological polar surface area (TPSA) is 69.7 Å². The summed E-state index contributed by atoms with van der Waals surface area (Å²) in [5.74, 6) is -0.164. The minimum atomic E-state index is -3.59. The summed E-state index contributed by atoms with van der Waals surface area (Å²) >= 11 is 6.42. The molecule has 30 heavy (non-hydrogen) atoms. The van der Waals surface area contributed by atoms with Gasteiger partial charge in [0.2, 0.25) is 10.0 Å². The number of sulfonamides is 1. The predicted molar refractivity (Wildman–Crippen MR) is 122 cm³/mol. The fraction of sp³-hybridized carbons (Fsp3) is 0.409. The molecule has 2 aromatic carbocycles. The highest BCUT2D eigenvalue weighted by Gasteiger charge is 2.21. The maximum absolute atomic E-state index is 12.7. The van der Waals surface area contributed by atoms with E-state index in [-0.39, 0.29) is 23.3 Å². The van der Waals surface area contributed by atoms with Crippen LogP contribution < -0.4 is 5.32 Å². The van der Waals surface area contributed by atoms with Crippen LogP contribution in [0.1, 0.15) is 35.8 Å². The van der Waals surface area contributed by atoms with Gasteiger partial charge in [-0.05, 0) is 36.9 Å². The van der Waals surface area contributed by atoms with Crippen LogP contribution in [-0.4, -0.2) is 63.7 Å². The fourth-order valence-corrected chi connectivity index (χ4v) is 4.52. The number of benzene rings is 2. The summed E-state index contributed by atoms with van der Waals surface area (Å²) in [6, 6.07) is 13.9. The normalized spacial score (nSPS) is 13.0. The van der Waals surface area contributed by atoms with E-state index in [1.807, 2.05) is 24.3 Å². The van der Waals surface area contributed by atoms with Crippen LogP contribution in [-0.2, 0) is 10.0 Å². The van der Waals surface area contributed by atoms with Gasteiger partial charge in [0.15, 0.2) is 5.78 Å². The molecule has 0 aliphatic carbocycles. The number of ketones is 1. The number of hydrogen-bond acceptors (Lipinski definition) is 5. The van der Waals surface area contributed by atoms with Crippen molar-refractivity contribution in [1.82, 2.24) is 14.5 Å². The first-order chi connectivity index (χ1) is 14.2. The molecule has 0 bridgehead atoms. The van der Waals surface area contributed by atoms with Crippen LogP contribution in [0.3, 0.4) is 0 Å². The molecular formula is C22H30ClN3O3S. The Labute approximate surface area is 184 Å². The minimum absolute atomic E-state index is 0.0296. The number of carbonyl (C=O) groups excluding carboxylic acids is 1. The lowest BCUT2D eigenvalue weighted by molar-refractivity contribution is 0.0986. The Kier molecular flexibility index (Phi) is 9.00. The largest absolute Gasteiger partial charge is 0.308 e. The summed E-state index contributed by atoms with van der Waals surface area (Å²) in [5.41, 5.74) is 1.38. The molecule has 1 atom stereocenters. The van der Waals surface area contributed by atoms with Crippen LogP contribution >= 0.6 is 11.6 Å². The first-order valence-corrected chi connectivity index (χ1v) is 11.8. The van der Waals surface area contributed by atoms with Gasteiger partial charge in [0.05, 0.1) is 11.4 Å². The van der Waals surface area contributed by atoms with Crippen molar-refractivity contribution in [2.75, 3.05) is 40.3 Å². The highest BCUT2D eigenvalue weighted by atomic mass is 35.5. The van der Waals surface area contributed by atoms with Crippen molar-refractivity contribution >= 4 is 27.4 Å². The second-order valence-electron chi connectivity index (χ2n) is 7.13. The molecule has 0 aliphatic heterocycles. The summed E-state index contributed by atoms with van der Waals surface area (Å²) in [6.45, 7) is 6.55. The lowest BCUT2D eigenvalue weighted by Gasteiger charge is -2.31. The fourth-order valence-electron chi connectivity index (χ4n) is 3.31. The van der Waals surface area contributed by atoms with Crippen molar-refractivity contribution in [1.29, 1.82) is 0 Å². The van der Waals surface area contributed by atoms with Crippen LogP contribution in [0.2, 0.25) is 5.02 Å². The number of likely N-dealkylation sites (N-methyl/N-ethyl adjacent to an activating group) is 1. The van der Waals surface area contributed by atoms with E-state index in [0.29, 0.717) is 17.1 Å². The van der Waals surface area contributed by atoms with Gasteiger partial charge in [-0.25, -0.2) is 12.7 Å². The Morgan fingerprint density at radius 2 is 1.73 bits per heavy atom. The van der Waals surface area contributed by atoms with Gasteiger partial charge >= 0.3 is 0 Å². The number of Topliss-reactive ketones (excluding diaryl/α,β-unsaturated/α-hetero) is 1. The molecule has 0 aromatic heterocycles.